The molecule has 0 spiro atoms. The van der Waals surface area contributed by atoms with Crippen LogP contribution in [0, 0.1) is 0 Å². The predicted octanol–water partition coefficient (Wildman–Crippen LogP) is 4.70. The summed E-state index contributed by atoms with van der Waals surface area (Å²) in [4.78, 5) is 16.7. The molecule has 124 valence electrons. The number of halogens is 2. The number of benzene rings is 2. The van der Waals surface area contributed by atoms with E-state index in [-0.39, 0.29) is 11.8 Å². The van der Waals surface area contributed by atoms with Crippen LogP contribution in [0.1, 0.15) is 21.5 Å². The standard InChI is InChI=1S/C19H12Cl2N2O2/c1-23-17(11-4-8-13(21)9-5-11)15-14(19(23)25)16(22-18(15)24)10-2-6-12(20)7-3-10/h2-9,25H,1H3. The minimum atomic E-state index is -0.374. The van der Waals surface area contributed by atoms with Crippen LogP contribution in [-0.4, -0.2) is 21.3 Å². The van der Waals surface area contributed by atoms with Gasteiger partial charge in [-0.15, -0.1) is 0 Å². The minimum absolute atomic E-state index is 0.000463. The van der Waals surface area contributed by atoms with Crippen LogP contribution < -0.4 is 0 Å². The maximum atomic E-state index is 12.6. The summed E-state index contributed by atoms with van der Waals surface area (Å²) in [6.07, 6.45) is 0. The number of aromatic hydroxyl groups is 1. The first-order chi connectivity index (χ1) is 12.0. The van der Waals surface area contributed by atoms with Gasteiger partial charge in [0, 0.05) is 22.7 Å². The van der Waals surface area contributed by atoms with Crippen molar-refractivity contribution in [1.29, 1.82) is 0 Å². The number of aromatic nitrogens is 1. The van der Waals surface area contributed by atoms with Crippen molar-refractivity contribution >= 4 is 34.8 Å². The average molecular weight is 371 g/mol. The molecule has 2 aromatic carbocycles. The first-order valence-corrected chi connectivity index (χ1v) is 8.30. The molecule has 2 heterocycles. The maximum absolute atomic E-state index is 12.6. The molecule has 0 saturated carbocycles. The Labute approximate surface area is 154 Å². The summed E-state index contributed by atoms with van der Waals surface area (Å²) >= 11 is 11.9. The van der Waals surface area contributed by atoms with E-state index >= 15 is 0 Å². The molecule has 0 bridgehead atoms. The Morgan fingerprint density at radius 1 is 0.880 bits per heavy atom. The van der Waals surface area contributed by atoms with Crippen molar-refractivity contribution < 1.29 is 9.90 Å². The van der Waals surface area contributed by atoms with Crippen molar-refractivity contribution in [3.63, 3.8) is 0 Å². The van der Waals surface area contributed by atoms with E-state index in [1.807, 2.05) is 12.1 Å². The number of hydrogen-bond acceptors (Lipinski definition) is 2. The third-order valence-electron chi connectivity index (χ3n) is 4.26. The van der Waals surface area contributed by atoms with Gasteiger partial charge < -0.3 is 9.67 Å². The molecule has 0 radical (unpaired) electrons. The molecule has 0 atom stereocenters. The minimum Gasteiger partial charge on any atom is -0.494 e. The molecule has 1 aromatic heterocycles. The van der Waals surface area contributed by atoms with Crippen LogP contribution in [0.15, 0.2) is 53.5 Å². The number of hydrogen-bond donors (Lipinski definition) is 1. The SMILES string of the molecule is Cn1c(O)c2c(c1-c1ccc(Cl)cc1)C(=O)N=C2c1ccc(Cl)cc1. The van der Waals surface area contributed by atoms with Crippen LogP contribution in [0.25, 0.3) is 11.3 Å². The quantitative estimate of drug-likeness (QED) is 0.710. The molecule has 3 aromatic rings. The number of nitrogens with zero attached hydrogens (tertiary/aromatic N) is 2. The third kappa shape index (κ3) is 2.46. The Balaban J connectivity index is 1.93. The first-order valence-electron chi connectivity index (χ1n) is 7.54. The Morgan fingerprint density at radius 2 is 1.40 bits per heavy atom. The average Bonchev–Trinajstić information content (AvgIpc) is 3.06. The van der Waals surface area contributed by atoms with Crippen molar-refractivity contribution in [2.75, 3.05) is 0 Å². The van der Waals surface area contributed by atoms with Crippen LogP contribution in [0.4, 0.5) is 0 Å². The summed E-state index contributed by atoms with van der Waals surface area (Å²) in [5.74, 6) is -0.375. The summed E-state index contributed by atoms with van der Waals surface area (Å²) in [5, 5.41) is 11.8. The molecule has 1 N–H and O–H groups in total. The Kier molecular flexibility index (Phi) is 3.67. The molecule has 1 aliphatic rings. The van der Waals surface area contributed by atoms with E-state index in [1.54, 1.807) is 48.0 Å². The number of rotatable bonds is 2. The van der Waals surface area contributed by atoms with Crippen LogP contribution in [0.2, 0.25) is 10.0 Å². The van der Waals surface area contributed by atoms with Gasteiger partial charge in [-0.3, -0.25) is 4.79 Å². The highest BCUT2D eigenvalue weighted by Gasteiger charge is 2.35. The van der Waals surface area contributed by atoms with E-state index in [2.05, 4.69) is 4.99 Å². The molecular formula is C19H12Cl2N2O2. The monoisotopic (exact) mass is 370 g/mol. The lowest BCUT2D eigenvalue weighted by molar-refractivity contribution is 0.101. The molecule has 0 saturated heterocycles. The second-order valence-electron chi connectivity index (χ2n) is 5.76. The van der Waals surface area contributed by atoms with Crippen LogP contribution >= 0.6 is 23.2 Å². The number of fused-ring (bicyclic) bond motifs is 1. The molecule has 0 unspecified atom stereocenters. The zero-order chi connectivity index (χ0) is 17.7. The summed E-state index contributed by atoms with van der Waals surface area (Å²) in [6.45, 7) is 0. The van der Waals surface area contributed by atoms with E-state index in [0.717, 1.165) is 11.1 Å². The third-order valence-corrected chi connectivity index (χ3v) is 4.77. The second-order valence-corrected chi connectivity index (χ2v) is 6.63. The van der Waals surface area contributed by atoms with E-state index in [9.17, 15) is 9.90 Å². The van der Waals surface area contributed by atoms with Crippen molar-refractivity contribution in [1.82, 2.24) is 4.57 Å². The van der Waals surface area contributed by atoms with Gasteiger partial charge in [0.1, 0.15) is 0 Å². The molecule has 4 nitrogen and oxygen atoms in total. The van der Waals surface area contributed by atoms with Crippen LogP contribution in [-0.2, 0) is 7.05 Å². The highest BCUT2D eigenvalue weighted by molar-refractivity contribution is 6.32. The van der Waals surface area contributed by atoms with Gasteiger partial charge in [0.25, 0.3) is 5.91 Å². The lowest BCUT2D eigenvalue weighted by atomic mass is 10.0. The van der Waals surface area contributed by atoms with Gasteiger partial charge in [0.15, 0.2) is 0 Å². The first kappa shape index (κ1) is 15.9. The van der Waals surface area contributed by atoms with E-state index in [1.165, 1.54) is 0 Å². The fourth-order valence-corrected chi connectivity index (χ4v) is 3.33. The molecule has 1 amide bonds. The van der Waals surface area contributed by atoms with Gasteiger partial charge in [-0.25, -0.2) is 4.99 Å². The predicted molar refractivity (Wildman–Crippen MR) is 98.9 cm³/mol. The molecule has 1 aliphatic heterocycles. The van der Waals surface area contributed by atoms with Crippen LogP contribution in [0.5, 0.6) is 5.88 Å². The number of carbonyl (C=O) groups excluding carboxylic acids is 1. The van der Waals surface area contributed by atoms with Crippen molar-refractivity contribution in [2.45, 2.75) is 0 Å². The fraction of sp³-hybridized carbons (Fsp3) is 0.0526. The Bertz CT molecular complexity index is 1030. The summed E-state index contributed by atoms with van der Waals surface area (Å²) in [7, 11) is 1.71. The number of aliphatic imine (C=N–C) groups is 1. The maximum Gasteiger partial charge on any atom is 0.280 e. The molecule has 4 rings (SSSR count). The van der Waals surface area contributed by atoms with Crippen molar-refractivity contribution in [2.24, 2.45) is 12.0 Å². The normalized spacial score (nSPS) is 13.1. The lowest BCUT2D eigenvalue weighted by Crippen LogP contribution is -2.00. The fourth-order valence-electron chi connectivity index (χ4n) is 3.08. The Morgan fingerprint density at radius 3 is 1.96 bits per heavy atom. The van der Waals surface area contributed by atoms with E-state index in [4.69, 9.17) is 23.2 Å². The molecular weight excluding hydrogens is 359 g/mol. The summed E-state index contributed by atoms with van der Waals surface area (Å²) in [6, 6.07) is 14.1. The summed E-state index contributed by atoms with van der Waals surface area (Å²) < 4.78 is 1.59. The molecule has 0 fully saturated rings. The highest BCUT2D eigenvalue weighted by Crippen LogP contribution is 2.40. The van der Waals surface area contributed by atoms with Crippen LogP contribution in [0.3, 0.4) is 0 Å². The van der Waals surface area contributed by atoms with E-state index in [0.29, 0.717) is 32.6 Å². The lowest BCUT2D eigenvalue weighted by Gasteiger charge is -2.07. The summed E-state index contributed by atoms with van der Waals surface area (Å²) in [5.41, 5.74) is 3.41. The van der Waals surface area contributed by atoms with Gasteiger partial charge >= 0.3 is 0 Å². The van der Waals surface area contributed by atoms with Gasteiger partial charge in [-0.05, 0) is 29.8 Å². The van der Waals surface area contributed by atoms with Gasteiger partial charge in [0.2, 0.25) is 5.88 Å². The van der Waals surface area contributed by atoms with Crippen molar-refractivity contribution in [3.8, 4) is 17.1 Å². The molecule has 0 aliphatic carbocycles. The smallest absolute Gasteiger partial charge is 0.280 e. The topological polar surface area (TPSA) is 54.6 Å². The van der Waals surface area contributed by atoms with Crippen molar-refractivity contribution in [3.05, 3.63) is 75.3 Å². The second kappa shape index (κ2) is 5.76. The zero-order valence-electron chi connectivity index (χ0n) is 13.1. The number of carbonyl (C=O) groups is 1. The zero-order valence-corrected chi connectivity index (χ0v) is 14.6. The van der Waals surface area contributed by atoms with Gasteiger partial charge in [0.05, 0.1) is 22.5 Å². The molecule has 25 heavy (non-hydrogen) atoms. The molecule has 6 heteroatoms. The Hall–Kier alpha value is -2.56. The largest absolute Gasteiger partial charge is 0.494 e. The van der Waals surface area contributed by atoms with Gasteiger partial charge in [-0.2, -0.15) is 0 Å². The van der Waals surface area contributed by atoms with Gasteiger partial charge in [-0.1, -0.05) is 47.5 Å². The highest BCUT2D eigenvalue weighted by atomic mass is 35.5. The van der Waals surface area contributed by atoms with E-state index < -0.39 is 0 Å². The number of amides is 1.